The van der Waals surface area contributed by atoms with Gasteiger partial charge in [0, 0.05) is 6.61 Å². The van der Waals surface area contributed by atoms with E-state index < -0.39 is 0 Å². The van der Waals surface area contributed by atoms with E-state index in [1.165, 1.54) is 31.2 Å². The molecule has 1 aliphatic heterocycles. The van der Waals surface area contributed by atoms with Gasteiger partial charge in [-0.05, 0) is 69.1 Å². The lowest BCUT2D eigenvalue weighted by molar-refractivity contribution is -0.673. The van der Waals surface area contributed by atoms with Gasteiger partial charge in [-0.3, -0.25) is 0 Å². The van der Waals surface area contributed by atoms with Crippen LogP contribution in [-0.4, -0.2) is 18.8 Å². The van der Waals surface area contributed by atoms with E-state index in [2.05, 4.69) is 55.6 Å². The molecule has 0 saturated carbocycles. The third-order valence-corrected chi connectivity index (χ3v) is 5.41. The Morgan fingerprint density at radius 2 is 2.00 bits per heavy atom. The van der Waals surface area contributed by atoms with Crippen molar-refractivity contribution in [3.63, 3.8) is 0 Å². The third kappa shape index (κ3) is 5.72. The first-order chi connectivity index (χ1) is 12.1. The van der Waals surface area contributed by atoms with Crippen LogP contribution in [0.25, 0.3) is 0 Å². The van der Waals surface area contributed by atoms with E-state index in [9.17, 15) is 0 Å². The highest BCUT2D eigenvalue weighted by Crippen LogP contribution is 2.36. The molecule has 0 radical (unpaired) electrons. The smallest absolute Gasteiger partial charge is 0.157 e. The van der Waals surface area contributed by atoms with Gasteiger partial charge in [-0.2, -0.15) is 0 Å². The van der Waals surface area contributed by atoms with Crippen molar-refractivity contribution in [1.29, 1.82) is 0 Å². The summed E-state index contributed by atoms with van der Waals surface area (Å²) < 4.78 is 11.4. The van der Waals surface area contributed by atoms with Crippen LogP contribution in [0.1, 0.15) is 44.4 Å². The molecule has 2 heterocycles. The molecule has 1 aromatic carbocycles. The number of hydrogen-bond donors (Lipinski definition) is 1. The van der Waals surface area contributed by atoms with Gasteiger partial charge in [0.25, 0.3) is 0 Å². The van der Waals surface area contributed by atoms with Crippen LogP contribution in [0.5, 0.6) is 0 Å². The van der Waals surface area contributed by atoms with Crippen molar-refractivity contribution >= 4 is 0 Å². The zero-order valence-electron chi connectivity index (χ0n) is 15.6. The predicted molar refractivity (Wildman–Crippen MR) is 100 cm³/mol. The molecule has 0 amide bonds. The first-order valence-corrected chi connectivity index (χ1v) is 9.64. The van der Waals surface area contributed by atoms with Gasteiger partial charge < -0.3 is 14.5 Å². The van der Waals surface area contributed by atoms with E-state index in [1.807, 2.05) is 6.07 Å². The van der Waals surface area contributed by atoms with Gasteiger partial charge in [-0.25, -0.2) is 0 Å². The number of benzene rings is 1. The fourth-order valence-corrected chi connectivity index (χ4v) is 4.11. The molecule has 3 rings (SSSR count). The molecule has 2 N–H and O–H groups in total. The summed E-state index contributed by atoms with van der Waals surface area (Å²) in [5.74, 6) is 2.53. The molecule has 2 atom stereocenters. The lowest BCUT2D eigenvalue weighted by Crippen LogP contribution is -2.82. The van der Waals surface area contributed by atoms with Crippen molar-refractivity contribution in [2.45, 2.75) is 51.7 Å². The van der Waals surface area contributed by atoms with Crippen LogP contribution in [0.15, 0.2) is 53.1 Å². The van der Waals surface area contributed by atoms with Gasteiger partial charge in [-0.15, -0.1) is 0 Å². The second-order valence-corrected chi connectivity index (χ2v) is 7.96. The van der Waals surface area contributed by atoms with Crippen molar-refractivity contribution < 1.29 is 14.5 Å². The van der Waals surface area contributed by atoms with Crippen molar-refractivity contribution in [1.82, 2.24) is 0 Å². The van der Waals surface area contributed by atoms with Gasteiger partial charge >= 0.3 is 0 Å². The highest BCUT2D eigenvalue weighted by Gasteiger charge is 2.33. The van der Waals surface area contributed by atoms with Crippen LogP contribution in [0.4, 0.5) is 0 Å². The standard InChI is InChI=1S/C22H31NO2/c1-22(2)16-20(11-14-25-22)19(15-18-7-4-3-5-8-18)10-12-23-17-21-9-6-13-24-21/h3-9,13,19-20,23H,10-12,14-17H2,1-2H3/p+1/t19-,20+/m0/s1. The van der Waals surface area contributed by atoms with Gasteiger partial charge in [0.1, 0.15) is 6.54 Å². The quantitative estimate of drug-likeness (QED) is 0.741. The average molecular weight is 343 g/mol. The highest BCUT2D eigenvalue weighted by molar-refractivity contribution is 5.15. The van der Waals surface area contributed by atoms with Crippen molar-refractivity contribution in [3.8, 4) is 0 Å². The lowest BCUT2D eigenvalue weighted by atomic mass is 9.76. The van der Waals surface area contributed by atoms with Crippen LogP contribution < -0.4 is 5.32 Å². The van der Waals surface area contributed by atoms with E-state index in [4.69, 9.17) is 9.15 Å². The van der Waals surface area contributed by atoms with Crippen molar-refractivity contribution in [2.75, 3.05) is 13.2 Å². The Morgan fingerprint density at radius 1 is 1.16 bits per heavy atom. The van der Waals surface area contributed by atoms with Crippen LogP contribution in [0.2, 0.25) is 0 Å². The summed E-state index contributed by atoms with van der Waals surface area (Å²) in [6, 6.07) is 15.0. The molecule has 0 spiro atoms. The number of ether oxygens (including phenoxy) is 1. The number of rotatable bonds is 8. The Labute approximate surface area is 151 Å². The number of furan rings is 1. The molecule has 3 heteroatoms. The minimum absolute atomic E-state index is 0.0235. The van der Waals surface area contributed by atoms with Crippen LogP contribution in [-0.2, 0) is 17.7 Å². The van der Waals surface area contributed by atoms with E-state index in [0.29, 0.717) is 0 Å². The van der Waals surface area contributed by atoms with E-state index in [-0.39, 0.29) is 5.60 Å². The lowest BCUT2D eigenvalue weighted by Gasteiger charge is -2.39. The van der Waals surface area contributed by atoms with Crippen LogP contribution >= 0.6 is 0 Å². The monoisotopic (exact) mass is 342 g/mol. The van der Waals surface area contributed by atoms with E-state index >= 15 is 0 Å². The summed E-state index contributed by atoms with van der Waals surface area (Å²) in [6.45, 7) is 7.46. The molecule has 0 aliphatic carbocycles. The summed E-state index contributed by atoms with van der Waals surface area (Å²) in [4.78, 5) is 0. The van der Waals surface area contributed by atoms with E-state index in [1.54, 1.807) is 6.26 Å². The average Bonchev–Trinajstić information content (AvgIpc) is 3.11. The fraction of sp³-hybridized carbons (Fsp3) is 0.545. The summed E-state index contributed by atoms with van der Waals surface area (Å²) in [6.07, 6.45) is 6.54. The zero-order valence-corrected chi connectivity index (χ0v) is 15.6. The molecule has 25 heavy (non-hydrogen) atoms. The Kier molecular flexibility index (Phi) is 6.33. The molecule has 1 saturated heterocycles. The van der Waals surface area contributed by atoms with Gasteiger partial charge in [0.15, 0.2) is 5.76 Å². The largest absolute Gasteiger partial charge is 0.463 e. The summed E-state index contributed by atoms with van der Waals surface area (Å²) in [5, 5.41) is 2.38. The predicted octanol–water partition coefficient (Wildman–Crippen LogP) is 3.80. The molecule has 1 aromatic heterocycles. The minimum Gasteiger partial charge on any atom is -0.463 e. The SMILES string of the molecule is CC1(C)C[C@H]([C@@H](CC[NH2+]Cc2ccco2)Cc2ccccc2)CCO1. The molecule has 2 aromatic rings. The molecular formula is C22H32NO2+. The van der Waals surface area contributed by atoms with Gasteiger partial charge in [0.2, 0.25) is 0 Å². The maximum atomic E-state index is 5.95. The topological polar surface area (TPSA) is 39.0 Å². The molecule has 136 valence electrons. The highest BCUT2D eigenvalue weighted by atomic mass is 16.5. The van der Waals surface area contributed by atoms with Gasteiger partial charge in [0.05, 0.1) is 18.4 Å². The molecule has 0 unspecified atom stereocenters. The Hall–Kier alpha value is -1.58. The van der Waals surface area contributed by atoms with E-state index in [0.717, 1.165) is 37.3 Å². The van der Waals surface area contributed by atoms with Crippen molar-refractivity contribution in [2.24, 2.45) is 11.8 Å². The molecular weight excluding hydrogens is 310 g/mol. The Balaban J connectivity index is 1.57. The number of quaternary nitrogens is 1. The van der Waals surface area contributed by atoms with Gasteiger partial charge in [-0.1, -0.05) is 30.3 Å². The fourth-order valence-electron chi connectivity index (χ4n) is 4.11. The summed E-state index contributed by atoms with van der Waals surface area (Å²) in [5.41, 5.74) is 1.48. The zero-order chi connectivity index (χ0) is 17.5. The van der Waals surface area contributed by atoms with Crippen molar-refractivity contribution in [3.05, 3.63) is 60.1 Å². The molecule has 3 nitrogen and oxygen atoms in total. The number of hydrogen-bond acceptors (Lipinski definition) is 2. The first kappa shape index (κ1) is 18.2. The van der Waals surface area contributed by atoms with Crippen LogP contribution in [0, 0.1) is 11.8 Å². The third-order valence-electron chi connectivity index (χ3n) is 5.41. The molecule has 1 aliphatic rings. The maximum absolute atomic E-state index is 5.95. The summed E-state index contributed by atoms with van der Waals surface area (Å²) >= 11 is 0. The maximum Gasteiger partial charge on any atom is 0.157 e. The normalized spacial score (nSPS) is 21.1. The van der Waals surface area contributed by atoms with Crippen LogP contribution in [0.3, 0.4) is 0 Å². The number of nitrogens with two attached hydrogens (primary N) is 1. The minimum atomic E-state index is 0.0235. The Bertz CT molecular complexity index is 606. The summed E-state index contributed by atoms with van der Waals surface area (Å²) in [7, 11) is 0. The molecule has 0 bridgehead atoms. The first-order valence-electron chi connectivity index (χ1n) is 9.64. The second kappa shape index (κ2) is 8.68. The molecule has 1 fully saturated rings. The second-order valence-electron chi connectivity index (χ2n) is 7.96. The Morgan fingerprint density at radius 3 is 2.72 bits per heavy atom.